The first kappa shape index (κ1) is 14.3. The summed E-state index contributed by atoms with van der Waals surface area (Å²) < 4.78 is 37.8. The number of carbonyl (C=O) groups excluding carboxylic acids is 1. The molecule has 106 valence electrons. The molecule has 0 spiro atoms. The molecule has 0 aliphatic heterocycles. The summed E-state index contributed by atoms with van der Waals surface area (Å²) in [6, 6.07) is 5.39. The molecule has 0 aliphatic rings. The Bertz CT molecular complexity index is 611. The SMILES string of the molecule is NC(=O)c1ccc(C(F)(F)F)nc1NCc1cccs1. The molecule has 0 fully saturated rings. The molecule has 20 heavy (non-hydrogen) atoms. The molecule has 2 aromatic rings. The van der Waals surface area contributed by atoms with Crippen LogP contribution in [-0.4, -0.2) is 10.9 Å². The molecule has 1 amide bonds. The minimum absolute atomic E-state index is 0.0745. The Labute approximate surface area is 116 Å². The van der Waals surface area contributed by atoms with Crippen molar-refractivity contribution in [2.24, 2.45) is 5.73 Å². The van der Waals surface area contributed by atoms with Gasteiger partial charge in [0.1, 0.15) is 11.5 Å². The third kappa shape index (κ3) is 3.27. The van der Waals surface area contributed by atoms with Gasteiger partial charge < -0.3 is 11.1 Å². The number of pyridine rings is 1. The van der Waals surface area contributed by atoms with E-state index < -0.39 is 17.8 Å². The van der Waals surface area contributed by atoms with E-state index in [9.17, 15) is 18.0 Å². The molecule has 2 aromatic heterocycles. The van der Waals surface area contributed by atoms with Gasteiger partial charge in [0.15, 0.2) is 0 Å². The highest BCUT2D eigenvalue weighted by atomic mass is 32.1. The lowest BCUT2D eigenvalue weighted by molar-refractivity contribution is -0.141. The number of rotatable bonds is 4. The van der Waals surface area contributed by atoms with Crippen LogP contribution in [0, 0.1) is 0 Å². The molecular weight excluding hydrogens is 291 g/mol. The van der Waals surface area contributed by atoms with Crippen LogP contribution < -0.4 is 11.1 Å². The number of alkyl halides is 3. The van der Waals surface area contributed by atoms with Crippen molar-refractivity contribution in [2.45, 2.75) is 12.7 Å². The average molecular weight is 301 g/mol. The van der Waals surface area contributed by atoms with Crippen LogP contribution in [0.2, 0.25) is 0 Å². The van der Waals surface area contributed by atoms with Crippen molar-refractivity contribution in [2.75, 3.05) is 5.32 Å². The monoisotopic (exact) mass is 301 g/mol. The molecule has 0 saturated carbocycles. The standard InChI is InChI=1S/C12H10F3N3OS/c13-12(14,15)9-4-3-8(10(16)19)11(18-9)17-6-7-2-1-5-20-7/h1-5H,6H2,(H2,16,19)(H,17,18). The molecule has 0 unspecified atom stereocenters. The molecule has 8 heteroatoms. The summed E-state index contributed by atoms with van der Waals surface area (Å²) in [5, 5.41) is 4.55. The van der Waals surface area contributed by atoms with Gasteiger partial charge in [0, 0.05) is 4.88 Å². The Morgan fingerprint density at radius 1 is 1.35 bits per heavy atom. The Kier molecular flexibility index (Phi) is 3.93. The molecule has 2 heterocycles. The van der Waals surface area contributed by atoms with Gasteiger partial charge in [-0.3, -0.25) is 4.79 Å². The summed E-state index contributed by atoms with van der Waals surface area (Å²) in [4.78, 5) is 15.5. The minimum atomic E-state index is -4.57. The predicted octanol–water partition coefficient (Wildman–Crippen LogP) is 2.87. The summed E-state index contributed by atoms with van der Waals surface area (Å²) in [5.74, 6) is -0.999. The first-order chi connectivity index (χ1) is 9.38. The van der Waals surface area contributed by atoms with Crippen LogP contribution in [-0.2, 0) is 12.7 Å². The van der Waals surface area contributed by atoms with Gasteiger partial charge in [0.25, 0.3) is 5.91 Å². The number of hydrogen-bond acceptors (Lipinski definition) is 4. The maximum Gasteiger partial charge on any atom is 0.433 e. The average Bonchev–Trinajstić information content (AvgIpc) is 2.87. The van der Waals surface area contributed by atoms with E-state index in [1.807, 2.05) is 17.5 Å². The quantitative estimate of drug-likeness (QED) is 0.912. The summed E-state index contributed by atoms with van der Waals surface area (Å²) in [6.07, 6.45) is -4.57. The Morgan fingerprint density at radius 3 is 2.65 bits per heavy atom. The van der Waals surface area contributed by atoms with Crippen molar-refractivity contribution in [3.8, 4) is 0 Å². The third-order valence-electron chi connectivity index (χ3n) is 2.46. The van der Waals surface area contributed by atoms with Crippen LogP contribution in [0.1, 0.15) is 20.9 Å². The maximum absolute atomic E-state index is 12.6. The van der Waals surface area contributed by atoms with Crippen molar-refractivity contribution in [1.29, 1.82) is 0 Å². The number of thiophene rings is 1. The fourth-order valence-corrected chi connectivity index (χ4v) is 2.18. The summed E-state index contributed by atoms with van der Waals surface area (Å²) in [6.45, 7) is 0.270. The highest BCUT2D eigenvalue weighted by Crippen LogP contribution is 2.29. The Morgan fingerprint density at radius 2 is 2.10 bits per heavy atom. The zero-order valence-corrected chi connectivity index (χ0v) is 10.9. The van der Waals surface area contributed by atoms with Gasteiger partial charge in [-0.15, -0.1) is 11.3 Å². The topological polar surface area (TPSA) is 68.0 Å². The maximum atomic E-state index is 12.6. The van der Waals surface area contributed by atoms with Gasteiger partial charge in [-0.05, 0) is 23.6 Å². The molecule has 0 radical (unpaired) electrons. The van der Waals surface area contributed by atoms with Gasteiger partial charge in [0.05, 0.1) is 12.1 Å². The van der Waals surface area contributed by atoms with Gasteiger partial charge in [-0.1, -0.05) is 6.07 Å². The van der Waals surface area contributed by atoms with Crippen molar-refractivity contribution in [3.05, 3.63) is 45.8 Å². The fraction of sp³-hybridized carbons (Fsp3) is 0.167. The number of nitrogens with zero attached hydrogens (tertiary/aromatic N) is 1. The van der Waals surface area contributed by atoms with Gasteiger partial charge in [-0.25, -0.2) is 4.98 Å². The zero-order valence-electron chi connectivity index (χ0n) is 10.1. The Balaban J connectivity index is 2.29. The smallest absolute Gasteiger partial charge is 0.365 e. The summed E-state index contributed by atoms with van der Waals surface area (Å²) >= 11 is 1.44. The zero-order chi connectivity index (χ0) is 14.8. The second kappa shape index (κ2) is 5.49. The lowest BCUT2D eigenvalue weighted by Crippen LogP contribution is -2.18. The number of aromatic nitrogens is 1. The van der Waals surface area contributed by atoms with E-state index in [1.54, 1.807) is 0 Å². The number of primary amides is 1. The molecule has 0 atom stereocenters. The summed E-state index contributed by atoms with van der Waals surface area (Å²) in [5.41, 5.74) is 3.98. The van der Waals surface area contributed by atoms with Gasteiger partial charge in [-0.2, -0.15) is 13.2 Å². The molecule has 0 aromatic carbocycles. The van der Waals surface area contributed by atoms with Crippen molar-refractivity contribution >= 4 is 23.1 Å². The van der Waals surface area contributed by atoms with Gasteiger partial charge >= 0.3 is 6.18 Å². The van der Waals surface area contributed by atoms with Crippen LogP contribution in [0.3, 0.4) is 0 Å². The van der Waals surface area contributed by atoms with Crippen LogP contribution in [0.4, 0.5) is 19.0 Å². The molecule has 2 rings (SSSR count). The minimum Gasteiger partial charge on any atom is -0.365 e. The van der Waals surface area contributed by atoms with E-state index in [0.717, 1.165) is 17.0 Å². The first-order valence-electron chi connectivity index (χ1n) is 5.52. The van der Waals surface area contributed by atoms with E-state index in [0.29, 0.717) is 0 Å². The summed E-state index contributed by atoms with van der Waals surface area (Å²) in [7, 11) is 0. The predicted molar refractivity (Wildman–Crippen MR) is 69.4 cm³/mol. The number of nitrogens with two attached hydrogens (primary N) is 1. The number of amides is 1. The fourth-order valence-electron chi connectivity index (χ4n) is 1.53. The number of nitrogens with one attached hydrogen (secondary N) is 1. The molecule has 4 nitrogen and oxygen atoms in total. The van der Waals surface area contributed by atoms with E-state index in [1.165, 1.54) is 11.3 Å². The molecule has 0 saturated heterocycles. The van der Waals surface area contributed by atoms with Crippen LogP contribution in [0.5, 0.6) is 0 Å². The lowest BCUT2D eigenvalue weighted by atomic mass is 10.2. The van der Waals surface area contributed by atoms with Crippen molar-refractivity contribution in [1.82, 2.24) is 4.98 Å². The molecule has 0 bridgehead atoms. The van der Waals surface area contributed by atoms with E-state index in [4.69, 9.17) is 5.73 Å². The second-order valence-corrected chi connectivity index (χ2v) is 4.92. The lowest BCUT2D eigenvalue weighted by Gasteiger charge is -2.12. The normalized spacial score (nSPS) is 11.3. The largest absolute Gasteiger partial charge is 0.433 e. The van der Waals surface area contributed by atoms with Crippen LogP contribution in [0.25, 0.3) is 0 Å². The van der Waals surface area contributed by atoms with Crippen molar-refractivity contribution < 1.29 is 18.0 Å². The number of anilines is 1. The Hall–Kier alpha value is -2.09. The third-order valence-corrected chi connectivity index (χ3v) is 3.34. The van der Waals surface area contributed by atoms with Crippen LogP contribution >= 0.6 is 11.3 Å². The van der Waals surface area contributed by atoms with E-state index in [2.05, 4.69) is 10.3 Å². The number of halogens is 3. The number of hydrogen-bond donors (Lipinski definition) is 2. The first-order valence-corrected chi connectivity index (χ1v) is 6.40. The van der Waals surface area contributed by atoms with Crippen LogP contribution in [0.15, 0.2) is 29.6 Å². The molecule has 3 N–H and O–H groups in total. The molecular formula is C12H10F3N3OS. The molecule has 0 aliphatic carbocycles. The number of carbonyl (C=O) groups is 1. The van der Waals surface area contributed by atoms with E-state index in [-0.39, 0.29) is 17.9 Å². The van der Waals surface area contributed by atoms with Gasteiger partial charge in [0.2, 0.25) is 0 Å². The second-order valence-electron chi connectivity index (χ2n) is 3.89. The highest BCUT2D eigenvalue weighted by molar-refractivity contribution is 7.09. The van der Waals surface area contributed by atoms with Crippen molar-refractivity contribution in [3.63, 3.8) is 0 Å². The van der Waals surface area contributed by atoms with E-state index >= 15 is 0 Å². The highest BCUT2D eigenvalue weighted by Gasteiger charge is 2.33.